The Kier molecular flexibility index (Phi) is 11.5. The van der Waals surface area contributed by atoms with Gasteiger partial charge in [-0.25, -0.2) is 8.42 Å². The minimum Gasteiger partial charge on any atom is -0.352 e. The van der Waals surface area contributed by atoms with Gasteiger partial charge in [0.05, 0.1) is 16.9 Å². The van der Waals surface area contributed by atoms with E-state index in [1.165, 1.54) is 17.0 Å². The van der Waals surface area contributed by atoms with Crippen LogP contribution in [0.2, 0.25) is 10.0 Å². The molecule has 10 nitrogen and oxygen atoms in total. The van der Waals surface area contributed by atoms with Crippen LogP contribution in [0, 0.1) is 17.0 Å². The molecule has 0 bridgehead atoms. The number of amides is 2. The van der Waals surface area contributed by atoms with Gasteiger partial charge in [-0.3, -0.25) is 24.0 Å². The van der Waals surface area contributed by atoms with Crippen molar-refractivity contribution in [1.82, 2.24) is 10.2 Å². The van der Waals surface area contributed by atoms with Crippen LogP contribution in [0.15, 0.2) is 66.7 Å². The van der Waals surface area contributed by atoms with E-state index in [0.717, 1.165) is 22.2 Å². The smallest absolute Gasteiger partial charge is 0.271 e. The van der Waals surface area contributed by atoms with E-state index in [9.17, 15) is 28.1 Å². The Balaban J connectivity index is 2.16. The van der Waals surface area contributed by atoms with E-state index in [1.807, 2.05) is 44.2 Å². The molecule has 0 aliphatic heterocycles. The van der Waals surface area contributed by atoms with Crippen LogP contribution >= 0.6 is 23.2 Å². The first-order valence-corrected chi connectivity index (χ1v) is 16.1. The Morgan fingerprint density at radius 3 is 2.21 bits per heavy atom. The second kappa shape index (κ2) is 14.7. The number of benzene rings is 3. The lowest BCUT2D eigenvalue weighted by Gasteiger charge is -2.34. The first-order chi connectivity index (χ1) is 20.2. The van der Waals surface area contributed by atoms with Crippen LogP contribution in [0.3, 0.4) is 0 Å². The number of carbonyl (C=O) groups excluding carboxylic acids is 2. The summed E-state index contributed by atoms with van der Waals surface area (Å²) in [5.74, 6) is -1.17. The van der Waals surface area contributed by atoms with Gasteiger partial charge < -0.3 is 10.2 Å². The van der Waals surface area contributed by atoms with Crippen LogP contribution in [0.4, 0.5) is 11.4 Å². The molecule has 13 heteroatoms. The van der Waals surface area contributed by atoms with Gasteiger partial charge in [0.15, 0.2) is 0 Å². The number of nitro groups is 1. The van der Waals surface area contributed by atoms with Gasteiger partial charge in [-0.05, 0) is 43.5 Å². The van der Waals surface area contributed by atoms with Gasteiger partial charge in [-0.1, -0.05) is 72.6 Å². The van der Waals surface area contributed by atoms with Gasteiger partial charge in [0.1, 0.15) is 12.6 Å². The third-order valence-electron chi connectivity index (χ3n) is 7.01. The molecule has 0 saturated heterocycles. The number of rotatable bonds is 13. The maximum atomic E-state index is 14.2. The van der Waals surface area contributed by atoms with Gasteiger partial charge in [-0.2, -0.15) is 0 Å². The Morgan fingerprint density at radius 2 is 1.65 bits per heavy atom. The number of sulfonamides is 1. The van der Waals surface area contributed by atoms with Gasteiger partial charge >= 0.3 is 0 Å². The molecule has 0 spiro atoms. The molecular weight excluding hydrogens is 615 g/mol. The first kappa shape index (κ1) is 33.8. The molecule has 3 aromatic rings. The van der Waals surface area contributed by atoms with Crippen LogP contribution in [0.1, 0.15) is 37.0 Å². The quantitative estimate of drug-likeness (QED) is 0.192. The molecule has 3 aromatic carbocycles. The Morgan fingerprint density at radius 1 is 1.02 bits per heavy atom. The molecule has 43 heavy (non-hydrogen) atoms. The molecular formula is C30H34Cl2N4O6S. The number of hydrogen-bond donors (Lipinski definition) is 1. The monoisotopic (exact) mass is 648 g/mol. The Labute approximate surface area is 261 Å². The van der Waals surface area contributed by atoms with E-state index < -0.39 is 39.3 Å². The minimum absolute atomic E-state index is 0.0237. The first-order valence-electron chi connectivity index (χ1n) is 13.5. The van der Waals surface area contributed by atoms with Crippen molar-refractivity contribution in [3.63, 3.8) is 0 Å². The predicted octanol–water partition coefficient (Wildman–Crippen LogP) is 5.53. The van der Waals surface area contributed by atoms with Gasteiger partial charge in [-0.15, -0.1) is 0 Å². The zero-order chi connectivity index (χ0) is 31.9. The SMILES string of the molecule is CC[C@H](C)NC(=O)[C@H](Cc1ccccc1)N(Cc1c(Cl)cccc1Cl)C(=O)CN(c1cc([N+](=O)[O-])ccc1C)S(C)(=O)=O. The van der Waals surface area contributed by atoms with E-state index in [0.29, 0.717) is 17.5 Å². The Bertz CT molecular complexity index is 1570. The predicted molar refractivity (Wildman–Crippen MR) is 169 cm³/mol. The second-order valence-electron chi connectivity index (χ2n) is 10.2. The maximum absolute atomic E-state index is 14.2. The number of halogens is 2. The third-order valence-corrected chi connectivity index (χ3v) is 8.85. The highest BCUT2D eigenvalue weighted by atomic mass is 35.5. The fourth-order valence-corrected chi connectivity index (χ4v) is 5.84. The molecule has 230 valence electrons. The van der Waals surface area contributed by atoms with E-state index >= 15 is 0 Å². The maximum Gasteiger partial charge on any atom is 0.271 e. The number of nitrogens with zero attached hydrogens (tertiary/aromatic N) is 3. The van der Waals surface area contributed by atoms with E-state index in [1.54, 1.807) is 25.1 Å². The molecule has 0 saturated carbocycles. The van der Waals surface area contributed by atoms with Crippen molar-refractivity contribution in [2.75, 3.05) is 17.1 Å². The average molecular weight is 650 g/mol. The normalized spacial score (nSPS) is 12.7. The standard InChI is InChI=1S/C30H34Cl2N4O6S/c1-5-21(3)33-30(38)28(16-22-10-7-6-8-11-22)34(18-24-25(31)12-9-13-26(24)32)29(37)19-35(43(4,41)42)27-17-23(36(39)40)15-14-20(27)2/h6-15,17,21,28H,5,16,18-19H2,1-4H3,(H,33,38)/t21-,28-/m0/s1. The zero-order valence-electron chi connectivity index (χ0n) is 24.3. The lowest BCUT2D eigenvalue weighted by atomic mass is 10.0. The van der Waals surface area contributed by atoms with Crippen molar-refractivity contribution in [1.29, 1.82) is 0 Å². The molecule has 0 aliphatic rings. The van der Waals surface area contributed by atoms with Crippen LogP contribution in [0.5, 0.6) is 0 Å². The van der Waals surface area contributed by atoms with Crippen molar-refractivity contribution >= 4 is 56.4 Å². The molecule has 0 heterocycles. The molecule has 0 aliphatic carbocycles. The summed E-state index contributed by atoms with van der Waals surface area (Å²) in [6, 6.07) is 16.4. The molecule has 2 amide bonds. The number of carbonyl (C=O) groups is 2. The summed E-state index contributed by atoms with van der Waals surface area (Å²) in [5, 5.41) is 14.9. The summed E-state index contributed by atoms with van der Waals surface area (Å²) < 4.78 is 26.9. The molecule has 3 rings (SSSR count). The number of nitrogens with one attached hydrogen (secondary N) is 1. The number of hydrogen-bond acceptors (Lipinski definition) is 6. The second-order valence-corrected chi connectivity index (χ2v) is 13.0. The van der Waals surface area contributed by atoms with Crippen LogP contribution in [0.25, 0.3) is 0 Å². The fraction of sp³-hybridized carbons (Fsp3) is 0.333. The molecule has 0 aromatic heterocycles. The fourth-order valence-electron chi connectivity index (χ4n) is 4.42. The summed E-state index contributed by atoms with van der Waals surface area (Å²) in [4.78, 5) is 40.1. The van der Waals surface area contributed by atoms with E-state index in [-0.39, 0.29) is 40.4 Å². The van der Waals surface area contributed by atoms with Crippen molar-refractivity contribution < 1.29 is 22.9 Å². The van der Waals surface area contributed by atoms with Crippen molar-refractivity contribution in [2.45, 2.75) is 52.2 Å². The van der Waals surface area contributed by atoms with Crippen molar-refractivity contribution in [3.05, 3.63) is 104 Å². The Hall–Kier alpha value is -3.67. The number of non-ortho nitro benzene ring substituents is 1. The highest BCUT2D eigenvalue weighted by Gasteiger charge is 2.34. The molecule has 2 atom stereocenters. The lowest BCUT2D eigenvalue weighted by Crippen LogP contribution is -2.54. The summed E-state index contributed by atoms with van der Waals surface area (Å²) in [6.07, 6.45) is 1.67. The largest absolute Gasteiger partial charge is 0.352 e. The van der Waals surface area contributed by atoms with E-state index in [2.05, 4.69) is 5.32 Å². The molecule has 0 radical (unpaired) electrons. The van der Waals surface area contributed by atoms with Crippen LogP contribution < -0.4 is 9.62 Å². The zero-order valence-corrected chi connectivity index (χ0v) is 26.6. The number of anilines is 1. The van der Waals surface area contributed by atoms with Gasteiger partial charge in [0.25, 0.3) is 5.69 Å². The van der Waals surface area contributed by atoms with E-state index in [4.69, 9.17) is 23.2 Å². The van der Waals surface area contributed by atoms with Crippen molar-refractivity contribution in [2.24, 2.45) is 0 Å². The lowest BCUT2D eigenvalue weighted by molar-refractivity contribution is -0.384. The van der Waals surface area contributed by atoms with Crippen molar-refractivity contribution in [3.8, 4) is 0 Å². The highest BCUT2D eigenvalue weighted by Crippen LogP contribution is 2.30. The van der Waals surface area contributed by atoms with Crippen LogP contribution in [-0.2, 0) is 32.6 Å². The summed E-state index contributed by atoms with van der Waals surface area (Å²) in [6.45, 7) is 4.40. The average Bonchev–Trinajstić information content (AvgIpc) is 2.95. The number of nitro benzene ring substituents is 1. The number of aryl methyl sites for hydroxylation is 1. The summed E-state index contributed by atoms with van der Waals surface area (Å²) >= 11 is 13.0. The molecule has 0 unspecified atom stereocenters. The molecule has 0 fully saturated rings. The summed E-state index contributed by atoms with van der Waals surface area (Å²) in [5.41, 5.74) is 1.19. The van der Waals surface area contributed by atoms with Crippen LogP contribution in [-0.4, -0.2) is 54.9 Å². The third kappa shape index (κ3) is 8.92. The topological polar surface area (TPSA) is 130 Å². The minimum atomic E-state index is -4.12. The molecule has 1 N–H and O–H groups in total. The van der Waals surface area contributed by atoms with Gasteiger partial charge in [0.2, 0.25) is 21.8 Å². The highest BCUT2D eigenvalue weighted by molar-refractivity contribution is 7.92. The summed E-state index contributed by atoms with van der Waals surface area (Å²) in [7, 11) is -4.12. The van der Waals surface area contributed by atoms with Gasteiger partial charge in [0, 0.05) is 46.7 Å².